The number of nitrogens with one attached hydrogen (secondary N) is 3. The van der Waals surface area contributed by atoms with Crippen LogP contribution in [0.5, 0.6) is 0 Å². The highest BCUT2D eigenvalue weighted by atomic mass is 32.2. The highest BCUT2D eigenvalue weighted by molar-refractivity contribution is 7.92. The van der Waals surface area contributed by atoms with Gasteiger partial charge in [-0.1, -0.05) is 109 Å². The van der Waals surface area contributed by atoms with Gasteiger partial charge in [0.25, 0.3) is 10.0 Å². The molecule has 0 aliphatic carbocycles. The molecule has 0 bridgehead atoms. The Hall–Kier alpha value is -2.87. The third kappa shape index (κ3) is 14.0. The molecule has 228 valence electrons. The van der Waals surface area contributed by atoms with Gasteiger partial charge in [-0.2, -0.15) is 0 Å². The predicted octanol–water partition coefficient (Wildman–Crippen LogP) is 8.03. The summed E-state index contributed by atoms with van der Waals surface area (Å²) >= 11 is 0. The molecule has 41 heavy (non-hydrogen) atoms. The topological polar surface area (TPSA) is 104 Å². The summed E-state index contributed by atoms with van der Waals surface area (Å²) in [4.78, 5) is 24.6. The van der Waals surface area contributed by atoms with Crippen LogP contribution in [0.15, 0.2) is 47.4 Å². The normalized spacial score (nSPS) is 11.3. The van der Waals surface area contributed by atoms with E-state index < -0.39 is 15.9 Å². The Balaban J connectivity index is 1.59. The minimum absolute atomic E-state index is 0.0399. The Morgan fingerprint density at radius 1 is 0.707 bits per heavy atom. The minimum atomic E-state index is -3.84. The molecule has 0 spiro atoms. The van der Waals surface area contributed by atoms with Gasteiger partial charge in [-0.15, -0.1) is 0 Å². The Bertz CT molecular complexity index is 1180. The maximum Gasteiger partial charge on any atom is 0.261 e. The lowest BCUT2D eigenvalue weighted by molar-refractivity contribution is -0.124. The fraction of sp³-hybridized carbons (Fsp3) is 0.576. The number of unbranched alkanes of at least 4 members (excludes halogenated alkanes) is 13. The molecule has 0 unspecified atom stereocenters. The molecule has 3 N–H and O–H groups in total. The van der Waals surface area contributed by atoms with E-state index in [9.17, 15) is 18.0 Å². The number of hydrogen-bond donors (Lipinski definition) is 3. The average Bonchev–Trinajstić information content (AvgIpc) is 2.94. The van der Waals surface area contributed by atoms with Crippen LogP contribution in [-0.2, 0) is 19.6 Å². The van der Waals surface area contributed by atoms with E-state index in [0.717, 1.165) is 30.4 Å². The van der Waals surface area contributed by atoms with Gasteiger partial charge in [-0.05, 0) is 55.7 Å². The van der Waals surface area contributed by atoms with E-state index in [1.54, 1.807) is 24.3 Å². The van der Waals surface area contributed by atoms with E-state index in [1.165, 1.54) is 82.8 Å². The molecule has 7 nitrogen and oxygen atoms in total. The zero-order chi connectivity index (χ0) is 29.9. The second-order valence-corrected chi connectivity index (χ2v) is 12.7. The number of amides is 2. The van der Waals surface area contributed by atoms with Crippen LogP contribution in [0.3, 0.4) is 0 Å². The van der Waals surface area contributed by atoms with Crippen molar-refractivity contribution in [3.63, 3.8) is 0 Å². The molecule has 0 radical (unpaired) electrons. The van der Waals surface area contributed by atoms with Gasteiger partial charge in [0.15, 0.2) is 0 Å². The number of carbonyl (C=O) groups is 2. The molecule has 0 aliphatic heterocycles. The van der Waals surface area contributed by atoms with E-state index in [-0.39, 0.29) is 17.3 Å². The van der Waals surface area contributed by atoms with Crippen LogP contribution < -0.4 is 15.4 Å². The number of sulfonamides is 1. The summed E-state index contributed by atoms with van der Waals surface area (Å²) in [7, 11) is -3.84. The lowest BCUT2D eigenvalue weighted by Crippen LogP contribution is -2.32. The average molecular weight is 586 g/mol. The predicted molar refractivity (Wildman–Crippen MR) is 170 cm³/mol. The first-order chi connectivity index (χ1) is 19.7. The third-order valence-corrected chi connectivity index (χ3v) is 8.84. The molecule has 2 rings (SSSR count). The number of anilines is 2. The molecule has 0 atom stereocenters. The van der Waals surface area contributed by atoms with Crippen LogP contribution in [0.25, 0.3) is 0 Å². The number of benzene rings is 2. The van der Waals surface area contributed by atoms with Crippen molar-refractivity contribution in [2.75, 3.05) is 16.6 Å². The van der Waals surface area contributed by atoms with E-state index in [0.29, 0.717) is 17.8 Å². The number of rotatable bonds is 21. The second-order valence-electron chi connectivity index (χ2n) is 11.1. The van der Waals surface area contributed by atoms with Crippen molar-refractivity contribution in [1.82, 2.24) is 5.32 Å². The molecular formula is C33H51N3O4S. The van der Waals surface area contributed by atoms with Crippen molar-refractivity contribution in [3.8, 4) is 0 Å². The zero-order valence-electron chi connectivity index (χ0n) is 25.4. The van der Waals surface area contributed by atoms with Crippen molar-refractivity contribution in [3.05, 3.63) is 53.6 Å². The Labute approximate surface area is 248 Å². The molecule has 0 aliphatic rings. The molecule has 0 heterocycles. The van der Waals surface area contributed by atoms with Crippen LogP contribution in [-0.4, -0.2) is 26.8 Å². The number of hydrogen-bond acceptors (Lipinski definition) is 4. The second kappa shape index (κ2) is 19.3. The fourth-order valence-corrected chi connectivity index (χ4v) is 5.93. The Morgan fingerprint density at radius 3 is 1.88 bits per heavy atom. The van der Waals surface area contributed by atoms with Crippen molar-refractivity contribution in [2.45, 2.75) is 122 Å². The summed E-state index contributed by atoms with van der Waals surface area (Å²) in [6, 6.07) is 11.5. The minimum Gasteiger partial charge on any atom is -0.347 e. The summed E-state index contributed by atoms with van der Waals surface area (Å²) in [6.07, 6.45) is 18.1. The molecule has 0 aromatic heterocycles. The standard InChI is InChI=1S/C33H51N3O4S/c1-4-5-6-7-8-9-10-11-12-13-14-15-16-17-24-32(37)34-26-33(38)35-29-21-19-22-30(25-29)41(39,40)36-31-23-18-20-27(2)28(31)3/h18-23,25,36H,4-17,24,26H2,1-3H3,(H,34,37)(H,35,38). The quantitative estimate of drug-likeness (QED) is 0.129. The molecule has 0 saturated heterocycles. The van der Waals surface area contributed by atoms with E-state index >= 15 is 0 Å². The highest BCUT2D eigenvalue weighted by Gasteiger charge is 2.17. The molecular weight excluding hydrogens is 534 g/mol. The lowest BCUT2D eigenvalue weighted by Gasteiger charge is -2.13. The van der Waals surface area contributed by atoms with E-state index in [2.05, 4.69) is 22.3 Å². The summed E-state index contributed by atoms with van der Waals surface area (Å²) in [5, 5.41) is 5.32. The fourth-order valence-electron chi connectivity index (χ4n) is 4.76. The molecule has 0 saturated carbocycles. The van der Waals surface area contributed by atoms with Gasteiger partial charge in [0.2, 0.25) is 11.8 Å². The summed E-state index contributed by atoms with van der Waals surface area (Å²) < 4.78 is 28.4. The summed E-state index contributed by atoms with van der Waals surface area (Å²) in [6.45, 7) is 5.87. The molecule has 0 fully saturated rings. The van der Waals surface area contributed by atoms with E-state index in [1.807, 2.05) is 19.9 Å². The van der Waals surface area contributed by atoms with Crippen LogP contribution in [0.4, 0.5) is 11.4 Å². The molecule has 2 amide bonds. The van der Waals surface area contributed by atoms with Gasteiger partial charge >= 0.3 is 0 Å². The monoisotopic (exact) mass is 585 g/mol. The van der Waals surface area contributed by atoms with Crippen molar-refractivity contribution in [2.24, 2.45) is 0 Å². The van der Waals surface area contributed by atoms with Gasteiger partial charge in [0.05, 0.1) is 17.1 Å². The van der Waals surface area contributed by atoms with Gasteiger partial charge < -0.3 is 10.6 Å². The number of aryl methyl sites for hydroxylation is 1. The van der Waals surface area contributed by atoms with Gasteiger partial charge in [0, 0.05) is 12.1 Å². The first-order valence-electron chi connectivity index (χ1n) is 15.5. The SMILES string of the molecule is CCCCCCCCCCCCCCCCC(=O)NCC(=O)Nc1cccc(S(=O)(=O)Nc2cccc(C)c2C)c1. The first-order valence-corrected chi connectivity index (χ1v) is 17.0. The van der Waals surface area contributed by atoms with Crippen molar-refractivity contribution in [1.29, 1.82) is 0 Å². The highest BCUT2D eigenvalue weighted by Crippen LogP contribution is 2.23. The van der Waals surface area contributed by atoms with Crippen LogP contribution in [0, 0.1) is 13.8 Å². The van der Waals surface area contributed by atoms with Crippen LogP contribution in [0.1, 0.15) is 114 Å². The van der Waals surface area contributed by atoms with Crippen LogP contribution in [0.2, 0.25) is 0 Å². The number of carbonyl (C=O) groups excluding carboxylic acids is 2. The lowest BCUT2D eigenvalue weighted by atomic mass is 10.0. The van der Waals surface area contributed by atoms with Gasteiger partial charge in [0.1, 0.15) is 0 Å². The maximum atomic E-state index is 12.9. The first kappa shape index (κ1) is 34.3. The van der Waals surface area contributed by atoms with Crippen molar-refractivity contribution < 1.29 is 18.0 Å². The van der Waals surface area contributed by atoms with Crippen molar-refractivity contribution >= 4 is 33.2 Å². The Kier molecular flexibility index (Phi) is 16.2. The summed E-state index contributed by atoms with van der Waals surface area (Å²) in [5.74, 6) is -0.551. The molecule has 8 heteroatoms. The smallest absolute Gasteiger partial charge is 0.261 e. The van der Waals surface area contributed by atoms with Gasteiger partial charge in [-0.25, -0.2) is 8.42 Å². The third-order valence-electron chi connectivity index (χ3n) is 7.48. The van der Waals surface area contributed by atoms with Gasteiger partial charge in [-0.3, -0.25) is 14.3 Å². The summed E-state index contributed by atoms with van der Waals surface area (Å²) in [5.41, 5.74) is 2.70. The van der Waals surface area contributed by atoms with Crippen LogP contribution >= 0.6 is 0 Å². The molecule has 2 aromatic carbocycles. The van der Waals surface area contributed by atoms with E-state index in [4.69, 9.17) is 0 Å². The zero-order valence-corrected chi connectivity index (χ0v) is 26.2. The Morgan fingerprint density at radius 2 is 1.27 bits per heavy atom. The molecule has 2 aromatic rings. The maximum absolute atomic E-state index is 12.9. The largest absolute Gasteiger partial charge is 0.347 e.